The van der Waals surface area contributed by atoms with Crippen LogP contribution in [0.5, 0.6) is 0 Å². The van der Waals surface area contributed by atoms with Gasteiger partial charge in [0.1, 0.15) is 17.6 Å². The highest BCUT2D eigenvalue weighted by molar-refractivity contribution is 6.04. The van der Waals surface area contributed by atoms with Crippen molar-refractivity contribution < 1.29 is 37.7 Å². The second-order valence-corrected chi connectivity index (χ2v) is 8.31. The zero-order chi connectivity index (χ0) is 24.8. The van der Waals surface area contributed by atoms with Crippen molar-refractivity contribution in [2.24, 2.45) is 5.92 Å². The number of halogens is 3. The van der Waals surface area contributed by atoms with E-state index in [9.17, 15) is 37.8 Å². The van der Waals surface area contributed by atoms with E-state index in [0.717, 1.165) is 4.57 Å². The van der Waals surface area contributed by atoms with E-state index >= 15 is 0 Å². The van der Waals surface area contributed by atoms with Gasteiger partial charge in [0.25, 0.3) is 5.91 Å². The van der Waals surface area contributed by atoms with Crippen LogP contribution in [0.15, 0.2) is 41.3 Å². The van der Waals surface area contributed by atoms with Crippen molar-refractivity contribution in [2.45, 2.75) is 31.0 Å². The molecule has 0 saturated carbocycles. The molecule has 2 bridgehead atoms. The zero-order valence-corrected chi connectivity index (χ0v) is 17.8. The third-order valence-corrected chi connectivity index (χ3v) is 6.03. The van der Waals surface area contributed by atoms with Crippen LogP contribution in [0.2, 0.25) is 0 Å². The molecule has 2 aromatic rings. The first-order chi connectivity index (χ1) is 16.0. The number of carbonyl (C=O) groups is 2. The van der Waals surface area contributed by atoms with Crippen LogP contribution < -0.4 is 11.0 Å². The normalized spacial score (nSPS) is 26.4. The smallest absolute Gasteiger partial charge is 0.393 e. The highest BCUT2D eigenvalue weighted by Crippen LogP contribution is 2.46. The van der Waals surface area contributed by atoms with Gasteiger partial charge in [0, 0.05) is 23.9 Å². The summed E-state index contributed by atoms with van der Waals surface area (Å²) in [6.07, 6.45) is -6.61. The standard InChI is InChI=1S/C21H21F3N4O6/c1-11-7-28(19(33)26-15(11)25-16(31)12-5-3-2-4-6-12)17-13-8-27(18(32)21(22,23)24)9-20(10-29,34-17)14(13)30/h2-7,13-14,17,29-30H,8-10H2,1H3,(H,25,26,31,33)/t13-,14+,17-,20-/m1/s1. The second kappa shape index (κ2) is 8.49. The number of aliphatic hydroxyl groups excluding tert-OH is 2. The van der Waals surface area contributed by atoms with E-state index in [2.05, 4.69) is 10.3 Å². The summed E-state index contributed by atoms with van der Waals surface area (Å²) in [4.78, 5) is 41.3. The molecule has 0 aliphatic carbocycles. The Balaban J connectivity index is 1.63. The number of likely N-dealkylation sites (tertiary alicyclic amines) is 1. The van der Waals surface area contributed by atoms with Crippen LogP contribution in [-0.4, -0.2) is 74.1 Å². The number of benzene rings is 1. The molecule has 13 heteroatoms. The molecule has 1 aromatic heterocycles. The highest BCUT2D eigenvalue weighted by Gasteiger charge is 2.61. The minimum atomic E-state index is -5.15. The van der Waals surface area contributed by atoms with E-state index in [1.54, 1.807) is 37.3 Å². The van der Waals surface area contributed by atoms with Gasteiger partial charge in [-0.1, -0.05) is 18.2 Å². The molecule has 10 nitrogen and oxygen atoms in total. The van der Waals surface area contributed by atoms with Gasteiger partial charge in [-0.2, -0.15) is 18.2 Å². The van der Waals surface area contributed by atoms with Gasteiger partial charge in [0.05, 0.1) is 25.2 Å². The molecule has 0 unspecified atom stereocenters. The van der Waals surface area contributed by atoms with Crippen LogP contribution in [0.3, 0.4) is 0 Å². The lowest BCUT2D eigenvalue weighted by atomic mass is 9.85. The number of hydrogen-bond acceptors (Lipinski definition) is 7. The number of piperidine rings is 1. The van der Waals surface area contributed by atoms with Gasteiger partial charge in [-0.3, -0.25) is 14.2 Å². The van der Waals surface area contributed by atoms with Gasteiger partial charge in [-0.05, 0) is 19.1 Å². The predicted molar refractivity (Wildman–Crippen MR) is 110 cm³/mol. The van der Waals surface area contributed by atoms with Crippen LogP contribution in [-0.2, 0) is 9.53 Å². The topological polar surface area (TPSA) is 134 Å². The van der Waals surface area contributed by atoms with Crippen molar-refractivity contribution >= 4 is 17.6 Å². The van der Waals surface area contributed by atoms with E-state index in [-0.39, 0.29) is 5.82 Å². The highest BCUT2D eigenvalue weighted by atomic mass is 19.4. The van der Waals surface area contributed by atoms with Crippen molar-refractivity contribution in [3.05, 3.63) is 58.1 Å². The molecule has 3 heterocycles. The van der Waals surface area contributed by atoms with Crippen LogP contribution in [0.1, 0.15) is 22.1 Å². The number of aromatic nitrogens is 2. The lowest BCUT2D eigenvalue weighted by Crippen LogP contribution is -2.61. The fourth-order valence-electron chi connectivity index (χ4n) is 4.33. The molecule has 2 aliphatic rings. The molecule has 2 amide bonds. The van der Waals surface area contributed by atoms with Crippen molar-refractivity contribution in [2.75, 3.05) is 25.0 Å². The fraction of sp³-hybridized carbons (Fsp3) is 0.429. The maximum absolute atomic E-state index is 13.0. The maximum atomic E-state index is 13.0. The molecule has 34 heavy (non-hydrogen) atoms. The van der Waals surface area contributed by atoms with Crippen molar-refractivity contribution in [1.29, 1.82) is 0 Å². The summed E-state index contributed by atoms with van der Waals surface area (Å²) in [6.45, 7) is -0.593. The largest absolute Gasteiger partial charge is 0.471 e. The van der Waals surface area contributed by atoms with Crippen molar-refractivity contribution in [3.8, 4) is 0 Å². The Hall–Kier alpha value is -3.29. The van der Waals surface area contributed by atoms with Crippen LogP contribution >= 0.6 is 0 Å². The molecule has 4 rings (SSSR count). The number of fused-ring (bicyclic) bond motifs is 2. The maximum Gasteiger partial charge on any atom is 0.471 e. The average molecular weight is 482 g/mol. The first-order valence-electron chi connectivity index (χ1n) is 10.3. The van der Waals surface area contributed by atoms with Gasteiger partial charge < -0.3 is 25.2 Å². The molecule has 182 valence electrons. The molecule has 2 saturated heterocycles. The van der Waals surface area contributed by atoms with E-state index in [4.69, 9.17) is 4.74 Å². The molecule has 3 N–H and O–H groups in total. The number of aliphatic hydroxyl groups is 2. The Labute approximate surface area is 190 Å². The third kappa shape index (κ3) is 4.06. The molecule has 1 aromatic carbocycles. The lowest BCUT2D eigenvalue weighted by molar-refractivity contribution is -0.195. The number of rotatable bonds is 4. The van der Waals surface area contributed by atoms with Gasteiger partial charge in [0.15, 0.2) is 0 Å². The van der Waals surface area contributed by atoms with Crippen LogP contribution in [0.4, 0.5) is 19.0 Å². The van der Waals surface area contributed by atoms with Gasteiger partial charge >= 0.3 is 17.8 Å². The summed E-state index contributed by atoms with van der Waals surface area (Å²) in [5.74, 6) is -3.80. The summed E-state index contributed by atoms with van der Waals surface area (Å²) in [5, 5.41) is 23.0. The van der Waals surface area contributed by atoms with E-state index < -0.39 is 67.2 Å². The lowest BCUT2D eigenvalue weighted by Gasteiger charge is -2.40. The first kappa shape index (κ1) is 23.9. The van der Waals surface area contributed by atoms with E-state index in [1.165, 1.54) is 6.20 Å². The third-order valence-electron chi connectivity index (χ3n) is 6.03. The number of ether oxygens (including phenoxy) is 1. The molecule has 0 radical (unpaired) electrons. The van der Waals surface area contributed by atoms with Crippen LogP contribution in [0.25, 0.3) is 0 Å². The monoisotopic (exact) mass is 482 g/mol. The number of alkyl halides is 3. The second-order valence-electron chi connectivity index (χ2n) is 8.31. The number of nitrogens with zero attached hydrogens (tertiary/aromatic N) is 3. The number of anilines is 1. The van der Waals surface area contributed by atoms with Crippen molar-refractivity contribution in [3.63, 3.8) is 0 Å². The summed E-state index contributed by atoms with van der Waals surface area (Å²) in [7, 11) is 0. The quantitative estimate of drug-likeness (QED) is 0.576. The Morgan fingerprint density at radius 2 is 1.97 bits per heavy atom. The minimum absolute atomic E-state index is 0.0256. The van der Waals surface area contributed by atoms with Gasteiger partial charge in [-0.25, -0.2) is 4.79 Å². The van der Waals surface area contributed by atoms with E-state index in [0.29, 0.717) is 16.0 Å². The summed E-state index contributed by atoms with van der Waals surface area (Å²) in [6, 6.07) is 8.20. The Bertz CT molecular complexity index is 1170. The SMILES string of the molecule is Cc1cn([C@@H]2O[C@@]3(CO)CN(C(=O)C(F)(F)F)C[C@@H]2[C@@H]3O)c(=O)nc1NC(=O)c1ccccc1. The predicted octanol–water partition coefficient (Wildman–Crippen LogP) is 0.446. The van der Waals surface area contributed by atoms with E-state index in [1.807, 2.05) is 0 Å². The van der Waals surface area contributed by atoms with Crippen molar-refractivity contribution in [1.82, 2.24) is 14.5 Å². The summed E-state index contributed by atoms with van der Waals surface area (Å²) in [5.41, 5.74) is -2.13. The number of aryl methyl sites for hydroxylation is 1. The van der Waals surface area contributed by atoms with Crippen LogP contribution in [0, 0.1) is 12.8 Å². The minimum Gasteiger partial charge on any atom is -0.393 e. The molecular formula is C21H21F3N4O6. The number of hydrogen-bond donors (Lipinski definition) is 3. The number of carbonyl (C=O) groups excluding carboxylic acids is 2. The molecule has 2 fully saturated rings. The molecule has 4 atom stereocenters. The molecular weight excluding hydrogens is 461 g/mol. The summed E-state index contributed by atoms with van der Waals surface area (Å²) >= 11 is 0. The fourth-order valence-corrected chi connectivity index (χ4v) is 4.33. The zero-order valence-electron chi connectivity index (χ0n) is 17.8. The number of nitrogens with one attached hydrogen (secondary N) is 1. The number of amides is 2. The Morgan fingerprint density at radius 3 is 2.59 bits per heavy atom. The summed E-state index contributed by atoms with van der Waals surface area (Å²) < 4.78 is 45.6. The molecule has 2 aliphatic heterocycles. The van der Waals surface area contributed by atoms with Gasteiger partial charge in [0.2, 0.25) is 0 Å². The Kier molecular flexibility index (Phi) is 5.96. The first-order valence-corrected chi connectivity index (χ1v) is 10.3. The van der Waals surface area contributed by atoms with Gasteiger partial charge in [-0.15, -0.1) is 0 Å². The Morgan fingerprint density at radius 1 is 1.29 bits per heavy atom. The molecule has 0 spiro atoms. The average Bonchev–Trinajstić information content (AvgIpc) is 2.95.